The van der Waals surface area contributed by atoms with Crippen LogP contribution in [0.1, 0.15) is 30.5 Å². The van der Waals surface area contributed by atoms with E-state index in [9.17, 15) is 0 Å². The van der Waals surface area contributed by atoms with Gasteiger partial charge in [-0.25, -0.2) is 15.0 Å². The third kappa shape index (κ3) is 4.40. The van der Waals surface area contributed by atoms with Crippen LogP contribution in [0.2, 0.25) is 0 Å². The minimum atomic E-state index is -0.0422. The Hall–Kier alpha value is -5.15. The lowest BCUT2D eigenvalue weighted by atomic mass is 9.81. The fraction of sp³-hybridized carbons (Fsp3) is 0.125. The number of nitrogens with zero attached hydrogens (tertiary/aromatic N) is 3. The van der Waals surface area contributed by atoms with Crippen LogP contribution in [0.3, 0.4) is 0 Å². The fourth-order valence-corrected chi connectivity index (χ4v) is 6.69. The first-order valence-electron chi connectivity index (χ1n) is 15.0. The number of rotatable bonds is 4. The number of hydrogen-bond acceptors (Lipinski definition) is 3. The van der Waals surface area contributed by atoms with Crippen LogP contribution >= 0.6 is 0 Å². The highest BCUT2D eigenvalue weighted by Gasteiger charge is 2.35. The maximum atomic E-state index is 5.05. The second-order valence-corrected chi connectivity index (χ2v) is 12.1. The molecule has 3 nitrogen and oxygen atoms in total. The number of allylic oxidation sites excluding steroid dienone is 8. The summed E-state index contributed by atoms with van der Waals surface area (Å²) in [6.07, 6.45) is 15.7. The van der Waals surface area contributed by atoms with Crippen molar-refractivity contribution in [3.8, 4) is 45.3 Å². The van der Waals surface area contributed by atoms with Crippen LogP contribution in [0, 0.1) is 11.8 Å². The molecular weight excluding hydrogens is 522 g/mol. The Morgan fingerprint density at radius 3 is 1.86 bits per heavy atom. The lowest BCUT2D eigenvalue weighted by Gasteiger charge is -2.23. The van der Waals surface area contributed by atoms with E-state index in [4.69, 9.17) is 15.0 Å². The number of aromatic nitrogens is 3. The molecule has 0 saturated carbocycles. The monoisotopic (exact) mass is 553 g/mol. The second-order valence-electron chi connectivity index (χ2n) is 12.1. The van der Waals surface area contributed by atoms with Gasteiger partial charge in [0.05, 0.1) is 0 Å². The predicted octanol–water partition coefficient (Wildman–Crippen LogP) is 9.49. The van der Waals surface area contributed by atoms with Gasteiger partial charge in [-0.3, -0.25) is 0 Å². The van der Waals surface area contributed by atoms with Crippen molar-refractivity contribution in [3.05, 3.63) is 156 Å². The molecule has 3 aliphatic carbocycles. The summed E-state index contributed by atoms with van der Waals surface area (Å²) in [6, 6.07) is 34.2. The maximum Gasteiger partial charge on any atom is 0.164 e. The summed E-state index contributed by atoms with van der Waals surface area (Å²) in [5, 5.41) is 0. The Labute approximate surface area is 252 Å². The summed E-state index contributed by atoms with van der Waals surface area (Å²) in [5.74, 6) is 2.89. The molecule has 8 rings (SSSR count). The van der Waals surface area contributed by atoms with Crippen LogP contribution < -0.4 is 0 Å². The molecule has 2 atom stereocenters. The predicted molar refractivity (Wildman–Crippen MR) is 176 cm³/mol. The first-order chi connectivity index (χ1) is 21.0. The van der Waals surface area contributed by atoms with Gasteiger partial charge < -0.3 is 0 Å². The molecule has 2 unspecified atom stereocenters. The first kappa shape index (κ1) is 25.6. The van der Waals surface area contributed by atoms with E-state index in [-0.39, 0.29) is 5.41 Å². The lowest BCUT2D eigenvalue weighted by Crippen LogP contribution is -2.14. The van der Waals surface area contributed by atoms with Gasteiger partial charge in [0.1, 0.15) is 0 Å². The van der Waals surface area contributed by atoms with Crippen molar-refractivity contribution in [1.82, 2.24) is 15.0 Å². The Bertz CT molecular complexity index is 1990. The van der Waals surface area contributed by atoms with E-state index in [2.05, 4.69) is 135 Å². The van der Waals surface area contributed by atoms with Gasteiger partial charge in [-0.05, 0) is 39.5 Å². The van der Waals surface area contributed by atoms with Gasteiger partial charge in [-0.2, -0.15) is 0 Å². The van der Waals surface area contributed by atoms with Gasteiger partial charge in [0.2, 0.25) is 0 Å². The van der Waals surface area contributed by atoms with Crippen LogP contribution in [0.15, 0.2) is 140 Å². The third-order valence-electron chi connectivity index (χ3n) is 9.08. The summed E-state index contributed by atoms with van der Waals surface area (Å²) in [7, 11) is 0. The minimum absolute atomic E-state index is 0.0422. The summed E-state index contributed by atoms with van der Waals surface area (Å²) < 4.78 is 0. The van der Waals surface area contributed by atoms with Crippen LogP contribution in [0.25, 0.3) is 50.9 Å². The molecule has 0 radical (unpaired) electrons. The molecule has 43 heavy (non-hydrogen) atoms. The molecule has 206 valence electrons. The topological polar surface area (TPSA) is 38.7 Å². The SMILES string of the molecule is CC1(C)c2ccccc2-c2cc(-c3nc(-c4ccccc4)nc(-c4ccc(C5=CC6C=CC=CC6C=C5)cc4)n3)ccc21. The van der Waals surface area contributed by atoms with Crippen LogP contribution in [-0.4, -0.2) is 15.0 Å². The largest absolute Gasteiger partial charge is 0.208 e. The van der Waals surface area contributed by atoms with Gasteiger partial charge >= 0.3 is 0 Å². The number of hydrogen-bond donors (Lipinski definition) is 0. The lowest BCUT2D eigenvalue weighted by molar-refractivity contribution is 0.660. The molecule has 0 amide bonds. The molecule has 1 heterocycles. The fourth-order valence-electron chi connectivity index (χ4n) is 6.69. The molecule has 3 aliphatic rings. The van der Waals surface area contributed by atoms with Gasteiger partial charge in [0, 0.05) is 33.9 Å². The van der Waals surface area contributed by atoms with Crippen molar-refractivity contribution in [2.75, 3.05) is 0 Å². The Kier molecular flexibility index (Phi) is 5.94. The number of fused-ring (bicyclic) bond motifs is 4. The Balaban J connectivity index is 1.20. The summed E-state index contributed by atoms with van der Waals surface area (Å²) in [6.45, 7) is 4.60. The van der Waals surface area contributed by atoms with E-state index in [1.165, 1.54) is 33.4 Å². The zero-order valence-electron chi connectivity index (χ0n) is 24.3. The van der Waals surface area contributed by atoms with E-state index < -0.39 is 0 Å². The van der Waals surface area contributed by atoms with Gasteiger partial charge in [-0.1, -0.05) is 147 Å². The van der Waals surface area contributed by atoms with Crippen molar-refractivity contribution >= 4 is 5.57 Å². The van der Waals surface area contributed by atoms with E-state index in [0.29, 0.717) is 29.3 Å². The van der Waals surface area contributed by atoms with Gasteiger partial charge in [0.25, 0.3) is 0 Å². The van der Waals surface area contributed by atoms with E-state index in [1.54, 1.807) is 0 Å². The zero-order chi connectivity index (χ0) is 29.0. The minimum Gasteiger partial charge on any atom is -0.208 e. The molecule has 0 bridgehead atoms. The molecule has 0 N–H and O–H groups in total. The molecule has 3 heteroatoms. The number of benzene rings is 4. The maximum absolute atomic E-state index is 5.05. The van der Waals surface area contributed by atoms with Crippen molar-refractivity contribution in [1.29, 1.82) is 0 Å². The van der Waals surface area contributed by atoms with Crippen molar-refractivity contribution < 1.29 is 0 Å². The second kappa shape index (κ2) is 9.99. The van der Waals surface area contributed by atoms with Crippen LogP contribution in [0.4, 0.5) is 0 Å². The quantitative estimate of drug-likeness (QED) is 0.222. The molecule has 0 spiro atoms. The van der Waals surface area contributed by atoms with E-state index >= 15 is 0 Å². The standard InChI is InChI=1S/C40H31N3/c1-40(2)35-15-9-8-14-33(35)34-25-32(22-23-36(34)40)39-42-37(28-11-4-3-5-12-28)41-38(43-39)29-19-16-27(17-20-29)31-21-18-26-10-6-7-13-30(26)24-31/h3-26,30H,1-2H3. The average molecular weight is 554 g/mol. The summed E-state index contributed by atoms with van der Waals surface area (Å²) in [4.78, 5) is 15.0. The van der Waals surface area contributed by atoms with Gasteiger partial charge in [0.15, 0.2) is 17.5 Å². The summed E-state index contributed by atoms with van der Waals surface area (Å²) in [5.41, 5.74) is 10.6. The summed E-state index contributed by atoms with van der Waals surface area (Å²) >= 11 is 0. The molecule has 1 aromatic heterocycles. The highest BCUT2D eigenvalue weighted by molar-refractivity contribution is 5.84. The van der Waals surface area contributed by atoms with Crippen molar-refractivity contribution in [2.45, 2.75) is 19.3 Å². The van der Waals surface area contributed by atoms with Crippen LogP contribution in [-0.2, 0) is 5.41 Å². The Morgan fingerprint density at radius 1 is 0.512 bits per heavy atom. The van der Waals surface area contributed by atoms with E-state index in [1.807, 2.05) is 18.2 Å². The molecule has 0 saturated heterocycles. The smallest absolute Gasteiger partial charge is 0.164 e. The van der Waals surface area contributed by atoms with Crippen molar-refractivity contribution in [3.63, 3.8) is 0 Å². The molecule has 4 aromatic carbocycles. The van der Waals surface area contributed by atoms with E-state index in [0.717, 1.165) is 16.7 Å². The molecule has 5 aromatic rings. The Morgan fingerprint density at radius 2 is 1.09 bits per heavy atom. The molecule has 0 aliphatic heterocycles. The van der Waals surface area contributed by atoms with Crippen LogP contribution in [0.5, 0.6) is 0 Å². The zero-order valence-corrected chi connectivity index (χ0v) is 24.3. The average Bonchev–Trinajstić information content (AvgIpc) is 3.30. The van der Waals surface area contributed by atoms with Crippen molar-refractivity contribution in [2.24, 2.45) is 11.8 Å². The highest BCUT2D eigenvalue weighted by Crippen LogP contribution is 2.49. The third-order valence-corrected chi connectivity index (χ3v) is 9.08. The normalized spacial score (nSPS) is 19.0. The molecule has 0 fully saturated rings. The van der Waals surface area contributed by atoms with Gasteiger partial charge in [-0.15, -0.1) is 0 Å². The highest BCUT2D eigenvalue weighted by atomic mass is 15.0. The molecular formula is C40H31N3. The first-order valence-corrected chi connectivity index (χ1v) is 15.0.